The fraction of sp³-hybridized carbons (Fsp3) is 0.368. The van der Waals surface area contributed by atoms with Gasteiger partial charge in [0, 0.05) is 26.4 Å². The number of nitrogens with zero attached hydrogens (tertiary/aromatic N) is 2. The van der Waals surface area contributed by atoms with Gasteiger partial charge in [-0.05, 0) is 99.9 Å². The van der Waals surface area contributed by atoms with E-state index in [1.807, 2.05) is 37.9 Å². The van der Waals surface area contributed by atoms with Crippen LogP contribution in [0.1, 0.15) is 19.8 Å². The van der Waals surface area contributed by atoms with Crippen molar-refractivity contribution < 1.29 is 10.0 Å². The highest BCUT2D eigenvalue weighted by atomic mass is 31.2. The molecule has 0 saturated carbocycles. The van der Waals surface area contributed by atoms with Gasteiger partial charge in [-0.2, -0.15) is 0 Å². The predicted octanol–water partition coefficient (Wildman–Crippen LogP) is 4.69. The molecular formula is C38H49B5N2O2P2+2. The van der Waals surface area contributed by atoms with E-state index < -0.39 is 28.4 Å². The predicted molar refractivity (Wildman–Crippen MR) is 220 cm³/mol. The first-order valence-corrected chi connectivity index (χ1v) is 21.8. The zero-order valence-electron chi connectivity index (χ0n) is 29.4. The lowest BCUT2D eigenvalue weighted by Crippen LogP contribution is -2.44. The molecule has 0 aliphatic carbocycles. The Hall–Kier alpha value is -2.10. The van der Waals surface area contributed by atoms with Crippen molar-refractivity contribution in [3.63, 3.8) is 0 Å². The summed E-state index contributed by atoms with van der Waals surface area (Å²) in [5.41, 5.74) is 0. The van der Waals surface area contributed by atoms with Crippen LogP contribution < -0.4 is 21.2 Å². The summed E-state index contributed by atoms with van der Waals surface area (Å²) in [4.78, 5) is 4.39. The fourth-order valence-corrected chi connectivity index (χ4v) is 14.1. The van der Waals surface area contributed by atoms with Crippen molar-refractivity contribution >= 4 is 72.6 Å². The van der Waals surface area contributed by atoms with Crippen LogP contribution in [-0.2, 0) is 0 Å². The zero-order chi connectivity index (χ0) is 35.0. The molecule has 0 unspecified atom stereocenters. The normalized spacial score (nSPS) is 21.6. The van der Waals surface area contributed by atoms with Gasteiger partial charge in [0.1, 0.15) is 0 Å². The van der Waals surface area contributed by atoms with Gasteiger partial charge in [-0.1, -0.05) is 86.0 Å². The molecule has 2 aliphatic heterocycles. The zero-order valence-corrected chi connectivity index (χ0v) is 31.2. The van der Waals surface area contributed by atoms with Crippen LogP contribution in [0.2, 0.25) is 20.0 Å². The Bertz CT molecular complexity index is 1480. The molecule has 6 rings (SSSR count). The second-order valence-electron chi connectivity index (χ2n) is 14.1. The van der Waals surface area contributed by atoms with Gasteiger partial charge in [-0.25, -0.2) is 0 Å². The van der Waals surface area contributed by atoms with Crippen molar-refractivity contribution in [3.8, 4) is 0 Å². The van der Waals surface area contributed by atoms with Crippen molar-refractivity contribution in [3.05, 3.63) is 121 Å². The number of benzene rings is 4. The Balaban J connectivity index is 0.000000191. The van der Waals surface area contributed by atoms with Crippen LogP contribution in [-0.4, -0.2) is 94.2 Å². The smallest absolute Gasteiger partial charge is 0.377 e. The molecule has 6 radical (unpaired) electrons. The molecule has 0 spiro atoms. The first-order valence-electron chi connectivity index (χ1n) is 17.7. The van der Waals surface area contributed by atoms with Crippen molar-refractivity contribution in [2.45, 2.75) is 51.8 Å². The van der Waals surface area contributed by atoms with Gasteiger partial charge in [0.25, 0.3) is 0 Å². The minimum absolute atomic E-state index is 0.257. The number of rotatable bonds is 11. The monoisotopic (exact) mass is 682 g/mol. The van der Waals surface area contributed by atoms with Gasteiger partial charge in [0.2, 0.25) is 0 Å². The van der Waals surface area contributed by atoms with E-state index in [0.717, 1.165) is 38.3 Å². The Morgan fingerprint density at radius 1 is 0.592 bits per heavy atom. The Morgan fingerprint density at radius 2 is 0.918 bits per heavy atom. The molecule has 2 heterocycles. The van der Waals surface area contributed by atoms with Crippen molar-refractivity contribution in [1.82, 2.24) is 9.62 Å². The maximum Gasteiger partial charge on any atom is 0.377 e. The minimum atomic E-state index is -2.03. The molecule has 49 heavy (non-hydrogen) atoms. The SMILES string of the molecule is [B]C[C@H]1C[C@@H](C[P+]([B])(c2ccccc2)c2ccccc2)N(B(C)O)C1.[B][P+](C[C@@H]1C[C@@H](C)CN1B(C)O)(c1ccccc1)c1ccccc1. The molecule has 4 aromatic carbocycles. The third-order valence-corrected chi connectivity index (χ3v) is 17.2. The maximum absolute atomic E-state index is 10.2. The molecule has 2 fully saturated rings. The number of hydrogen-bond donors (Lipinski definition) is 2. The van der Waals surface area contributed by atoms with E-state index in [1.54, 1.807) is 0 Å². The molecule has 246 valence electrons. The van der Waals surface area contributed by atoms with Gasteiger partial charge >= 0.3 is 29.2 Å². The van der Waals surface area contributed by atoms with Crippen molar-refractivity contribution in [1.29, 1.82) is 0 Å². The molecule has 2 saturated heterocycles. The van der Waals surface area contributed by atoms with Crippen LogP contribution >= 0.6 is 14.3 Å². The highest BCUT2D eigenvalue weighted by Gasteiger charge is 2.46. The molecule has 2 aliphatic rings. The summed E-state index contributed by atoms with van der Waals surface area (Å²) in [7, 11) is 15.3. The standard InChI is InChI=1S/C19H24B3NOP.C19H25B2NOP/c1-22(24)23-14-16(13-20)12-17(23)15-25(21,18-8-4-2-5-9-18)19-10-6-3-7-11-19;1-16-13-17(22(14-16)21(2)23)15-24(20,18-9-5-3-6-10-18)19-11-7-4-8-12-19/h2-11,16-17,24H,12-15H2,1H3;3-12,16-17,23H,13-15H2,1-2H3/q2*+1/t2*16-,17+/m11/s1. The largest absolute Gasteiger partial charge is 0.437 e. The van der Waals surface area contributed by atoms with Gasteiger partial charge in [0.05, 0.1) is 41.4 Å². The first kappa shape index (κ1) is 38.1. The fourth-order valence-electron chi connectivity index (χ4n) is 7.83. The van der Waals surface area contributed by atoms with Crippen molar-refractivity contribution in [2.24, 2.45) is 11.8 Å². The summed E-state index contributed by atoms with van der Waals surface area (Å²) in [6, 6.07) is 42.5. The second-order valence-corrected chi connectivity index (χ2v) is 20.4. The highest BCUT2D eigenvalue weighted by Crippen LogP contribution is 2.55. The molecule has 11 heteroatoms. The third-order valence-electron chi connectivity index (χ3n) is 10.4. The lowest BCUT2D eigenvalue weighted by Gasteiger charge is -2.31. The average molecular weight is 682 g/mol. The van der Waals surface area contributed by atoms with Gasteiger partial charge in [-0.15, -0.1) is 0 Å². The van der Waals surface area contributed by atoms with Crippen LogP contribution in [0.3, 0.4) is 0 Å². The molecule has 2 N–H and O–H groups in total. The quantitative estimate of drug-likeness (QED) is 0.178. The van der Waals surface area contributed by atoms with Crippen LogP contribution in [0.15, 0.2) is 121 Å². The third kappa shape index (κ3) is 9.23. The molecule has 0 amide bonds. The Morgan fingerprint density at radius 3 is 1.24 bits per heavy atom. The molecular weight excluding hydrogens is 632 g/mol. The number of hydrogen-bond acceptors (Lipinski definition) is 4. The van der Waals surface area contributed by atoms with Gasteiger partial charge in [0.15, 0.2) is 0 Å². The molecule has 4 nitrogen and oxygen atoms in total. The van der Waals surface area contributed by atoms with Gasteiger partial charge in [-0.3, -0.25) is 0 Å². The van der Waals surface area contributed by atoms with Crippen LogP contribution in [0.5, 0.6) is 0 Å². The average Bonchev–Trinajstić information content (AvgIpc) is 3.72. The lowest BCUT2D eigenvalue weighted by molar-refractivity contribution is 0.361. The summed E-state index contributed by atoms with van der Waals surface area (Å²) in [5.74, 6) is 1.03. The van der Waals surface area contributed by atoms with E-state index in [-0.39, 0.29) is 6.04 Å². The Labute approximate surface area is 301 Å². The molecule has 0 bridgehead atoms. The summed E-state index contributed by atoms with van der Waals surface area (Å²) in [6.45, 7) is 7.77. The summed E-state index contributed by atoms with van der Waals surface area (Å²) < 4.78 is 0. The van der Waals surface area contributed by atoms with E-state index in [9.17, 15) is 10.0 Å². The minimum Gasteiger partial charge on any atom is -0.437 e. The van der Waals surface area contributed by atoms with E-state index in [0.29, 0.717) is 24.2 Å². The summed E-state index contributed by atoms with van der Waals surface area (Å²) in [6.07, 6.45) is 4.54. The topological polar surface area (TPSA) is 46.9 Å². The summed E-state index contributed by atoms with van der Waals surface area (Å²) >= 11 is 0. The van der Waals surface area contributed by atoms with Gasteiger partial charge < -0.3 is 19.7 Å². The van der Waals surface area contributed by atoms with E-state index in [1.165, 1.54) is 21.2 Å². The van der Waals surface area contributed by atoms with E-state index in [4.69, 9.17) is 23.0 Å². The highest BCUT2D eigenvalue weighted by molar-refractivity contribution is 8.09. The molecule has 0 aromatic heterocycles. The molecule has 4 aromatic rings. The van der Waals surface area contributed by atoms with Crippen molar-refractivity contribution in [2.75, 3.05) is 25.4 Å². The second kappa shape index (κ2) is 17.4. The molecule has 4 atom stereocenters. The van der Waals surface area contributed by atoms with E-state index >= 15 is 0 Å². The maximum atomic E-state index is 10.2. The van der Waals surface area contributed by atoms with Crippen LogP contribution in [0.25, 0.3) is 0 Å². The van der Waals surface area contributed by atoms with Crippen LogP contribution in [0, 0.1) is 11.8 Å². The van der Waals surface area contributed by atoms with Crippen LogP contribution in [0.4, 0.5) is 0 Å². The lowest BCUT2D eigenvalue weighted by atomic mass is 9.84. The van der Waals surface area contributed by atoms with E-state index in [2.05, 4.69) is 114 Å². The Kier molecular flexibility index (Phi) is 13.6. The summed E-state index contributed by atoms with van der Waals surface area (Å²) in [5, 5.41) is 25.3. The first-order chi connectivity index (χ1) is 23.5.